The quantitative estimate of drug-likeness (QED) is 0.613. The van der Waals surface area contributed by atoms with E-state index in [1.165, 1.54) is 19.3 Å². The zero-order chi connectivity index (χ0) is 14.3. The van der Waals surface area contributed by atoms with Crippen LogP contribution in [0.3, 0.4) is 0 Å². The van der Waals surface area contributed by atoms with Gasteiger partial charge in [-0.25, -0.2) is 0 Å². The van der Waals surface area contributed by atoms with Gasteiger partial charge in [-0.3, -0.25) is 0 Å². The first kappa shape index (κ1) is 16.0. The summed E-state index contributed by atoms with van der Waals surface area (Å²) >= 11 is 0. The topological polar surface area (TPSA) is 20.2 Å². The molecule has 2 heteroatoms. The largest absolute Gasteiger partial charge is 0.376 e. The Kier molecular flexibility index (Phi) is 6.34. The average molecular weight is 274 g/mol. The smallest absolute Gasteiger partial charge is 0.140 e. The number of benzene rings is 1. The van der Waals surface area contributed by atoms with Crippen LogP contribution < -0.4 is 0 Å². The van der Waals surface area contributed by atoms with Crippen LogP contribution in [0.4, 0.5) is 0 Å². The summed E-state index contributed by atoms with van der Waals surface area (Å²) in [5, 5.41) is 10.1. The Morgan fingerprint density at radius 2 is 1.74 bits per heavy atom. The summed E-state index contributed by atoms with van der Waals surface area (Å²) in [4.78, 5) is 0. The fourth-order valence-corrected chi connectivity index (χ4v) is 3.61. The Hall–Kier alpha value is -1.04. The first-order valence-electron chi connectivity index (χ1n) is 7.19. The SMILES string of the molecule is CCCCC(C#CC(O)c1ccccc1)[Si](C)(C)C. The number of aliphatic hydroxyl groups excluding tert-OH is 1. The zero-order valence-corrected chi connectivity index (χ0v) is 13.6. The summed E-state index contributed by atoms with van der Waals surface area (Å²) in [5.41, 5.74) is 1.37. The van der Waals surface area contributed by atoms with Gasteiger partial charge >= 0.3 is 0 Å². The van der Waals surface area contributed by atoms with Crippen LogP contribution in [0.1, 0.15) is 37.9 Å². The van der Waals surface area contributed by atoms with E-state index in [0.29, 0.717) is 5.54 Å². The standard InChI is InChI=1S/C17H26OSi/c1-5-6-12-16(19(2,3)4)13-14-17(18)15-10-8-7-9-11-15/h7-11,16-18H,5-6,12H2,1-4H3. The summed E-state index contributed by atoms with van der Waals surface area (Å²) in [5.74, 6) is 6.41. The molecule has 0 aliphatic carbocycles. The second kappa shape index (κ2) is 7.52. The number of aliphatic hydroxyl groups is 1. The average Bonchev–Trinajstić information content (AvgIpc) is 2.38. The molecule has 1 nitrogen and oxygen atoms in total. The van der Waals surface area contributed by atoms with E-state index < -0.39 is 14.2 Å². The van der Waals surface area contributed by atoms with Crippen molar-refractivity contribution in [3.05, 3.63) is 35.9 Å². The molecule has 1 rings (SSSR count). The molecule has 0 bridgehead atoms. The highest BCUT2D eigenvalue weighted by Gasteiger charge is 2.24. The predicted molar refractivity (Wildman–Crippen MR) is 85.8 cm³/mol. The van der Waals surface area contributed by atoms with E-state index in [4.69, 9.17) is 0 Å². The molecule has 0 saturated carbocycles. The molecule has 0 aromatic heterocycles. The molecular formula is C17H26OSi. The fraction of sp³-hybridized carbons (Fsp3) is 0.529. The minimum atomic E-state index is -1.28. The minimum Gasteiger partial charge on any atom is -0.376 e. The van der Waals surface area contributed by atoms with E-state index in [-0.39, 0.29) is 0 Å². The summed E-state index contributed by atoms with van der Waals surface area (Å²) in [6.07, 6.45) is 2.96. The van der Waals surface area contributed by atoms with Crippen LogP contribution in [0.5, 0.6) is 0 Å². The molecule has 1 N–H and O–H groups in total. The lowest BCUT2D eigenvalue weighted by molar-refractivity contribution is 0.238. The maximum absolute atomic E-state index is 10.1. The molecule has 19 heavy (non-hydrogen) atoms. The van der Waals surface area contributed by atoms with Crippen LogP contribution in [0.25, 0.3) is 0 Å². The van der Waals surface area contributed by atoms with Crippen LogP contribution in [0.15, 0.2) is 30.3 Å². The summed E-state index contributed by atoms with van der Waals surface area (Å²) in [6, 6.07) is 9.68. The molecule has 2 unspecified atom stereocenters. The van der Waals surface area contributed by atoms with Crippen LogP contribution in [0, 0.1) is 11.8 Å². The van der Waals surface area contributed by atoms with Crippen molar-refractivity contribution in [2.75, 3.05) is 0 Å². The van der Waals surface area contributed by atoms with Crippen molar-refractivity contribution in [3.8, 4) is 11.8 Å². The summed E-state index contributed by atoms with van der Waals surface area (Å²) in [7, 11) is -1.28. The van der Waals surface area contributed by atoms with Gasteiger partial charge in [-0.1, -0.05) is 81.6 Å². The number of rotatable bonds is 5. The fourth-order valence-electron chi connectivity index (χ4n) is 2.03. The first-order chi connectivity index (χ1) is 8.95. The maximum Gasteiger partial charge on any atom is 0.140 e. The Morgan fingerprint density at radius 3 is 2.26 bits per heavy atom. The van der Waals surface area contributed by atoms with Crippen molar-refractivity contribution in [1.82, 2.24) is 0 Å². The van der Waals surface area contributed by atoms with E-state index in [0.717, 1.165) is 5.56 Å². The van der Waals surface area contributed by atoms with E-state index >= 15 is 0 Å². The van der Waals surface area contributed by atoms with Gasteiger partial charge in [-0.15, -0.1) is 0 Å². The normalized spacial score (nSPS) is 14.4. The van der Waals surface area contributed by atoms with E-state index in [2.05, 4.69) is 38.4 Å². The van der Waals surface area contributed by atoms with Gasteiger partial charge in [0.2, 0.25) is 0 Å². The summed E-state index contributed by atoms with van der Waals surface area (Å²) in [6.45, 7) is 9.29. The van der Waals surface area contributed by atoms with Crippen LogP contribution in [0.2, 0.25) is 25.2 Å². The monoisotopic (exact) mass is 274 g/mol. The van der Waals surface area contributed by atoms with Crippen molar-refractivity contribution in [2.24, 2.45) is 0 Å². The molecule has 1 aromatic carbocycles. The molecule has 0 spiro atoms. The van der Waals surface area contributed by atoms with Crippen molar-refractivity contribution < 1.29 is 5.11 Å². The van der Waals surface area contributed by atoms with Gasteiger partial charge in [0.05, 0.1) is 8.07 Å². The first-order valence-corrected chi connectivity index (χ1v) is 10.8. The van der Waals surface area contributed by atoms with Gasteiger partial charge in [0.25, 0.3) is 0 Å². The molecule has 0 aliphatic rings. The van der Waals surface area contributed by atoms with Crippen molar-refractivity contribution in [1.29, 1.82) is 0 Å². The molecule has 104 valence electrons. The second-order valence-corrected chi connectivity index (χ2v) is 11.6. The molecule has 0 fully saturated rings. The number of unbranched alkanes of at least 4 members (excludes halogenated alkanes) is 1. The highest BCUT2D eigenvalue weighted by molar-refractivity contribution is 6.78. The second-order valence-electron chi connectivity index (χ2n) is 6.16. The van der Waals surface area contributed by atoms with Gasteiger partial charge in [0.15, 0.2) is 0 Å². The van der Waals surface area contributed by atoms with Crippen LogP contribution >= 0.6 is 0 Å². The molecule has 0 heterocycles. The lowest BCUT2D eigenvalue weighted by atomic mass is 10.1. The minimum absolute atomic E-state index is 0.478. The number of hydrogen-bond acceptors (Lipinski definition) is 1. The molecule has 0 amide bonds. The Balaban J connectivity index is 2.77. The number of hydrogen-bond donors (Lipinski definition) is 1. The third-order valence-corrected chi connectivity index (χ3v) is 5.93. The van der Waals surface area contributed by atoms with Gasteiger partial charge in [0, 0.05) is 5.54 Å². The van der Waals surface area contributed by atoms with E-state index in [1.54, 1.807) is 0 Å². The van der Waals surface area contributed by atoms with Crippen LogP contribution in [-0.2, 0) is 0 Å². The van der Waals surface area contributed by atoms with Gasteiger partial charge in [-0.2, -0.15) is 0 Å². The van der Waals surface area contributed by atoms with Gasteiger partial charge < -0.3 is 5.11 Å². The van der Waals surface area contributed by atoms with Crippen molar-refractivity contribution in [3.63, 3.8) is 0 Å². The van der Waals surface area contributed by atoms with E-state index in [9.17, 15) is 5.11 Å². The third kappa shape index (κ3) is 5.63. The Labute approximate surface area is 119 Å². The van der Waals surface area contributed by atoms with Crippen molar-refractivity contribution >= 4 is 8.07 Å². The predicted octanol–water partition coefficient (Wildman–Crippen LogP) is 4.62. The highest BCUT2D eigenvalue weighted by atomic mass is 28.3. The van der Waals surface area contributed by atoms with Gasteiger partial charge in [-0.05, 0) is 12.0 Å². The highest BCUT2D eigenvalue weighted by Crippen LogP contribution is 2.27. The molecule has 0 radical (unpaired) electrons. The van der Waals surface area contributed by atoms with Gasteiger partial charge in [0.1, 0.15) is 6.10 Å². The Bertz CT molecular complexity index is 422. The van der Waals surface area contributed by atoms with Crippen LogP contribution in [-0.4, -0.2) is 13.2 Å². The molecule has 2 atom stereocenters. The zero-order valence-electron chi connectivity index (χ0n) is 12.6. The molecule has 1 aromatic rings. The molecule has 0 aliphatic heterocycles. The molecular weight excluding hydrogens is 248 g/mol. The Morgan fingerprint density at radius 1 is 1.11 bits per heavy atom. The third-order valence-electron chi connectivity index (χ3n) is 3.40. The lowest BCUT2D eigenvalue weighted by Crippen LogP contribution is -2.27. The summed E-state index contributed by atoms with van der Waals surface area (Å²) < 4.78 is 0. The lowest BCUT2D eigenvalue weighted by Gasteiger charge is -2.24. The maximum atomic E-state index is 10.1. The van der Waals surface area contributed by atoms with Crippen molar-refractivity contribution in [2.45, 2.75) is 57.5 Å². The van der Waals surface area contributed by atoms with E-state index in [1.807, 2.05) is 30.3 Å². The molecule has 0 saturated heterocycles.